The molecule has 8 heteroatoms. The molecule has 0 amide bonds. The van der Waals surface area contributed by atoms with Crippen molar-refractivity contribution in [2.75, 3.05) is 6.61 Å². The van der Waals surface area contributed by atoms with E-state index < -0.39 is 40.9 Å². The van der Waals surface area contributed by atoms with Gasteiger partial charge in [-0.25, -0.2) is 0 Å². The van der Waals surface area contributed by atoms with Gasteiger partial charge in [-0.05, 0) is 28.6 Å². The molecule has 0 saturated carbocycles. The SMILES string of the molecule is [B]C1OC2CO[Si](C(C)C)(C(C)C)O[Si](C(C)C)(C(C)C)O[C@H]2[C@]1(O)CC=C. The van der Waals surface area contributed by atoms with Gasteiger partial charge in [0.1, 0.15) is 25.7 Å². The Labute approximate surface area is 175 Å². The molecule has 1 N–H and O–H groups in total. The Balaban J connectivity index is 2.61. The number of hydrogen-bond donors (Lipinski definition) is 1. The van der Waals surface area contributed by atoms with Gasteiger partial charge in [0.25, 0.3) is 0 Å². The lowest BCUT2D eigenvalue weighted by molar-refractivity contribution is -0.0673. The van der Waals surface area contributed by atoms with E-state index in [0.717, 1.165) is 0 Å². The van der Waals surface area contributed by atoms with Crippen molar-refractivity contribution in [3.8, 4) is 0 Å². The van der Waals surface area contributed by atoms with Gasteiger partial charge in [0.2, 0.25) is 0 Å². The molecule has 0 aromatic heterocycles. The van der Waals surface area contributed by atoms with Crippen LogP contribution in [0.3, 0.4) is 0 Å². The van der Waals surface area contributed by atoms with Crippen LogP contribution in [-0.4, -0.2) is 60.5 Å². The van der Waals surface area contributed by atoms with Gasteiger partial charge in [-0.1, -0.05) is 61.5 Å². The highest BCUT2D eigenvalue weighted by molar-refractivity contribution is 6.84. The fourth-order valence-corrected chi connectivity index (χ4v) is 16.0. The molecule has 5 nitrogen and oxygen atoms in total. The fourth-order valence-electron chi connectivity index (χ4n) is 4.75. The first-order valence-electron chi connectivity index (χ1n) is 10.6. The lowest BCUT2D eigenvalue weighted by atomic mass is 9.78. The molecule has 28 heavy (non-hydrogen) atoms. The second kappa shape index (κ2) is 8.65. The third-order valence-electron chi connectivity index (χ3n) is 6.44. The Hall–Kier alpha value is 0.0387. The molecule has 2 aliphatic rings. The molecule has 0 aromatic rings. The summed E-state index contributed by atoms with van der Waals surface area (Å²) in [5.41, 5.74) is -0.440. The van der Waals surface area contributed by atoms with E-state index in [9.17, 15) is 5.11 Å². The number of rotatable bonds is 6. The summed E-state index contributed by atoms with van der Waals surface area (Å²) in [7, 11) is 0.799. The summed E-state index contributed by atoms with van der Waals surface area (Å²) < 4.78 is 26.6. The zero-order valence-electron chi connectivity index (χ0n) is 18.9. The van der Waals surface area contributed by atoms with E-state index in [-0.39, 0.29) is 22.2 Å². The van der Waals surface area contributed by atoms with Gasteiger partial charge in [-0.3, -0.25) is 0 Å². The number of hydrogen-bond acceptors (Lipinski definition) is 5. The van der Waals surface area contributed by atoms with Crippen LogP contribution < -0.4 is 0 Å². The van der Waals surface area contributed by atoms with Gasteiger partial charge >= 0.3 is 17.1 Å². The highest BCUT2D eigenvalue weighted by Gasteiger charge is 2.63. The molecular formula is C20H39BO5Si2. The van der Waals surface area contributed by atoms with E-state index in [2.05, 4.69) is 62.0 Å². The van der Waals surface area contributed by atoms with Crippen molar-refractivity contribution in [1.29, 1.82) is 0 Å². The average molecular weight is 427 g/mol. The molecule has 160 valence electrons. The van der Waals surface area contributed by atoms with Gasteiger partial charge in [-0.2, -0.15) is 0 Å². The third-order valence-corrected chi connectivity index (χ3v) is 16.7. The van der Waals surface area contributed by atoms with Crippen LogP contribution in [0.15, 0.2) is 12.7 Å². The van der Waals surface area contributed by atoms with E-state index in [1.165, 1.54) is 0 Å². The Kier molecular flexibility index (Phi) is 7.51. The van der Waals surface area contributed by atoms with Crippen LogP contribution in [0.25, 0.3) is 0 Å². The summed E-state index contributed by atoms with van der Waals surface area (Å²) in [5, 5.41) is 11.4. The van der Waals surface area contributed by atoms with Crippen LogP contribution in [0, 0.1) is 0 Å². The van der Waals surface area contributed by atoms with Crippen LogP contribution in [-0.2, 0) is 17.7 Å². The highest BCUT2D eigenvalue weighted by atomic mass is 28.5. The van der Waals surface area contributed by atoms with E-state index in [0.29, 0.717) is 13.0 Å². The molecule has 2 rings (SSSR count). The van der Waals surface area contributed by atoms with Crippen molar-refractivity contribution in [3.05, 3.63) is 12.7 Å². The lowest BCUT2D eigenvalue weighted by Gasteiger charge is -2.52. The molecule has 0 bridgehead atoms. The number of fused-ring (bicyclic) bond motifs is 1. The maximum absolute atomic E-state index is 11.4. The van der Waals surface area contributed by atoms with E-state index in [1.807, 2.05) is 0 Å². The first-order chi connectivity index (χ1) is 12.9. The lowest BCUT2D eigenvalue weighted by Crippen LogP contribution is -2.67. The van der Waals surface area contributed by atoms with Gasteiger partial charge in [-0.15, -0.1) is 6.58 Å². The fraction of sp³-hybridized carbons (Fsp3) is 0.900. The van der Waals surface area contributed by atoms with Crippen LogP contribution in [0.2, 0.25) is 22.2 Å². The Morgan fingerprint density at radius 2 is 1.54 bits per heavy atom. The topological polar surface area (TPSA) is 57.2 Å². The average Bonchev–Trinajstić information content (AvgIpc) is 2.78. The molecule has 2 heterocycles. The van der Waals surface area contributed by atoms with Gasteiger partial charge < -0.3 is 22.8 Å². The molecule has 2 saturated heterocycles. The molecule has 0 aliphatic carbocycles. The summed E-state index contributed by atoms with van der Waals surface area (Å²) in [5.74, 6) is 0. The summed E-state index contributed by atoms with van der Waals surface area (Å²) in [6.07, 6.45) is 0.957. The largest absolute Gasteiger partial charge is 0.414 e. The molecule has 2 unspecified atom stereocenters. The van der Waals surface area contributed by atoms with Crippen LogP contribution in [0.5, 0.6) is 0 Å². The van der Waals surface area contributed by atoms with Gasteiger partial charge in [0, 0.05) is 6.00 Å². The predicted octanol–water partition coefficient (Wildman–Crippen LogP) is 4.14. The first kappa shape index (κ1) is 24.3. The van der Waals surface area contributed by atoms with Crippen molar-refractivity contribution >= 4 is 25.0 Å². The molecule has 2 aliphatic heterocycles. The van der Waals surface area contributed by atoms with Crippen molar-refractivity contribution in [3.63, 3.8) is 0 Å². The van der Waals surface area contributed by atoms with Crippen molar-refractivity contribution in [2.45, 2.75) is 108 Å². The predicted molar refractivity (Wildman–Crippen MR) is 118 cm³/mol. The zero-order chi connectivity index (χ0) is 21.5. The quantitative estimate of drug-likeness (QED) is 0.511. The minimum Gasteiger partial charge on any atom is -0.414 e. The second-order valence-electron chi connectivity index (χ2n) is 9.59. The maximum atomic E-state index is 11.4. The molecule has 2 radical (unpaired) electrons. The maximum Gasteiger partial charge on any atom is 0.335 e. The molecule has 0 spiro atoms. The van der Waals surface area contributed by atoms with Crippen molar-refractivity contribution in [2.24, 2.45) is 0 Å². The molecule has 2 fully saturated rings. The minimum absolute atomic E-state index is 0.184. The van der Waals surface area contributed by atoms with Gasteiger partial charge in [0.15, 0.2) is 0 Å². The Morgan fingerprint density at radius 3 is 1.96 bits per heavy atom. The van der Waals surface area contributed by atoms with Crippen LogP contribution in [0.4, 0.5) is 0 Å². The minimum atomic E-state index is -2.81. The molecular weight excluding hydrogens is 387 g/mol. The van der Waals surface area contributed by atoms with Crippen molar-refractivity contribution < 1.29 is 22.8 Å². The number of ether oxygens (including phenoxy) is 1. The Morgan fingerprint density at radius 1 is 1.04 bits per heavy atom. The van der Waals surface area contributed by atoms with E-state index >= 15 is 0 Å². The van der Waals surface area contributed by atoms with Crippen LogP contribution in [0.1, 0.15) is 61.8 Å². The molecule has 4 atom stereocenters. The summed E-state index contributed by atoms with van der Waals surface area (Å²) in [4.78, 5) is 0. The summed E-state index contributed by atoms with van der Waals surface area (Å²) in [6, 6.07) is -0.845. The monoisotopic (exact) mass is 426 g/mol. The molecule has 0 aromatic carbocycles. The summed E-state index contributed by atoms with van der Waals surface area (Å²) in [6.45, 7) is 21.5. The zero-order valence-corrected chi connectivity index (χ0v) is 20.9. The van der Waals surface area contributed by atoms with E-state index in [4.69, 9.17) is 25.6 Å². The highest BCUT2D eigenvalue weighted by Crippen LogP contribution is 2.49. The smallest absolute Gasteiger partial charge is 0.335 e. The van der Waals surface area contributed by atoms with E-state index in [1.54, 1.807) is 6.08 Å². The Bertz CT molecular complexity index is 541. The standard InChI is InChI=1S/C20H39BO5Si2/c1-10-11-20(22)18-17(24-19(20)21)12-23-27(13(2)3,14(4)5)26-28(25-18,15(6)7)16(8)9/h10,13-19,22H,1,11-12H2,2-9H3/t17?,18-,19?,20-/m1/s1. The number of aliphatic hydroxyl groups is 1. The van der Waals surface area contributed by atoms with Gasteiger partial charge in [0.05, 0.1) is 6.61 Å². The van der Waals surface area contributed by atoms with Crippen LogP contribution >= 0.6 is 0 Å². The summed E-state index contributed by atoms with van der Waals surface area (Å²) >= 11 is 0. The third kappa shape index (κ3) is 3.86. The first-order valence-corrected chi connectivity index (χ1v) is 14.6. The van der Waals surface area contributed by atoms with Crippen molar-refractivity contribution in [1.82, 2.24) is 0 Å². The normalized spacial score (nSPS) is 35.2. The second-order valence-corrected chi connectivity index (χ2v) is 18.4.